The third kappa shape index (κ3) is 2.42. The van der Waals surface area contributed by atoms with Crippen LogP contribution in [0.25, 0.3) is 17.0 Å². The number of ether oxygens (including phenoxy) is 1. The van der Waals surface area contributed by atoms with Gasteiger partial charge in [-0.1, -0.05) is 24.3 Å². The first-order chi connectivity index (χ1) is 9.84. The van der Waals surface area contributed by atoms with E-state index in [-0.39, 0.29) is 0 Å². The molecule has 5 nitrogen and oxygen atoms in total. The Labute approximate surface area is 115 Å². The van der Waals surface area contributed by atoms with Crippen molar-refractivity contribution in [3.8, 4) is 0 Å². The standard InChI is InChI=1S/C15H11N3O2/c19-15(20-10-8-13-6-3-4-9-16-13)18-14-7-2-1-5-12(14)11-17-18/h1-11H. The SMILES string of the molecule is O=C(OC=Cc1ccccn1)n1ncc2ccccc21. The molecule has 0 spiro atoms. The van der Waals surface area contributed by atoms with E-state index in [0.717, 1.165) is 5.39 Å². The van der Waals surface area contributed by atoms with Gasteiger partial charge in [0.25, 0.3) is 0 Å². The van der Waals surface area contributed by atoms with Gasteiger partial charge >= 0.3 is 6.09 Å². The number of nitrogens with zero attached hydrogens (tertiary/aromatic N) is 3. The quantitative estimate of drug-likeness (QED) is 0.668. The molecule has 98 valence electrons. The average molecular weight is 265 g/mol. The minimum Gasteiger partial charge on any atom is -0.417 e. The lowest BCUT2D eigenvalue weighted by atomic mass is 10.3. The molecule has 0 saturated carbocycles. The second kappa shape index (κ2) is 5.36. The third-order valence-electron chi connectivity index (χ3n) is 2.75. The van der Waals surface area contributed by atoms with E-state index < -0.39 is 6.09 Å². The van der Waals surface area contributed by atoms with E-state index >= 15 is 0 Å². The number of pyridine rings is 1. The summed E-state index contributed by atoms with van der Waals surface area (Å²) in [7, 11) is 0. The van der Waals surface area contributed by atoms with Crippen molar-refractivity contribution in [3.63, 3.8) is 0 Å². The number of aromatic nitrogens is 3. The fourth-order valence-electron chi connectivity index (χ4n) is 1.80. The number of benzene rings is 1. The van der Waals surface area contributed by atoms with Crippen molar-refractivity contribution < 1.29 is 9.53 Å². The Balaban J connectivity index is 1.75. The van der Waals surface area contributed by atoms with Crippen LogP contribution in [0.1, 0.15) is 5.69 Å². The number of hydrogen-bond donors (Lipinski definition) is 0. The Morgan fingerprint density at radius 3 is 2.85 bits per heavy atom. The molecule has 2 aromatic heterocycles. The van der Waals surface area contributed by atoms with Crippen LogP contribution in [0.15, 0.2) is 61.1 Å². The Morgan fingerprint density at radius 1 is 1.15 bits per heavy atom. The number of rotatable bonds is 2. The average Bonchev–Trinajstić information content (AvgIpc) is 2.92. The fourth-order valence-corrected chi connectivity index (χ4v) is 1.80. The van der Waals surface area contributed by atoms with E-state index in [1.807, 2.05) is 42.5 Å². The van der Waals surface area contributed by atoms with E-state index in [4.69, 9.17) is 4.74 Å². The second-order valence-corrected chi connectivity index (χ2v) is 4.06. The molecule has 5 heteroatoms. The van der Waals surface area contributed by atoms with Crippen LogP contribution in [0.4, 0.5) is 4.79 Å². The molecule has 0 unspecified atom stereocenters. The number of carbonyl (C=O) groups is 1. The molecule has 0 saturated heterocycles. The molecule has 0 bridgehead atoms. The Hall–Kier alpha value is -2.95. The maximum absolute atomic E-state index is 11.9. The van der Waals surface area contributed by atoms with Crippen LogP contribution < -0.4 is 0 Å². The van der Waals surface area contributed by atoms with Gasteiger partial charge in [0.05, 0.1) is 23.7 Å². The normalized spacial score (nSPS) is 11.0. The molecule has 0 fully saturated rings. The molecule has 0 aliphatic carbocycles. The van der Waals surface area contributed by atoms with Crippen molar-refractivity contribution in [1.82, 2.24) is 14.8 Å². The summed E-state index contributed by atoms with van der Waals surface area (Å²) in [6.45, 7) is 0. The van der Waals surface area contributed by atoms with E-state index in [9.17, 15) is 4.79 Å². The van der Waals surface area contributed by atoms with Crippen molar-refractivity contribution >= 4 is 23.1 Å². The summed E-state index contributed by atoms with van der Waals surface area (Å²) in [5, 5.41) is 4.90. The van der Waals surface area contributed by atoms with Crippen LogP contribution in [0.2, 0.25) is 0 Å². The summed E-state index contributed by atoms with van der Waals surface area (Å²) in [5.74, 6) is 0. The van der Waals surface area contributed by atoms with Crippen LogP contribution in [-0.4, -0.2) is 20.9 Å². The third-order valence-corrected chi connectivity index (χ3v) is 2.75. The zero-order chi connectivity index (χ0) is 13.8. The van der Waals surface area contributed by atoms with Gasteiger partial charge in [0.2, 0.25) is 0 Å². The van der Waals surface area contributed by atoms with Gasteiger partial charge in [-0.25, -0.2) is 4.79 Å². The molecule has 0 N–H and O–H groups in total. The van der Waals surface area contributed by atoms with Crippen LogP contribution in [0, 0.1) is 0 Å². The summed E-state index contributed by atoms with van der Waals surface area (Å²) in [6.07, 6.45) is 5.66. The Morgan fingerprint density at radius 2 is 2.00 bits per heavy atom. The van der Waals surface area contributed by atoms with E-state index in [1.165, 1.54) is 10.9 Å². The van der Waals surface area contributed by atoms with Crippen molar-refractivity contribution in [2.75, 3.05) is 0 Å². The zero-order valence-electron chi connectivity index (χ0n) is 10.5. The lowest BCUT2D eigenvalue weighted by Crippen LogP contribution is -2.12. The molecule has 0 amide bonds. The lowest BCUT2D eigenvalue weighted by molar-refractivity contribution is 0.185. The number of fused-ring (bicyclic) bond motifs is 1. The molecule has 3 rings (SSSR count). The number of para-hydroxylation sites is 1. The smallest absolute Gasteiger partial charge is 0.417 e. The molecular weight excluding hydrogens is 254 g/mol. The minimum absolute atomic E-state index is 0.557. The van der Waals surface area contributed by atoms with E-state index in [0.29, 0.717) is 11.2 Å². The summed E-state index contributed by atoms with van der Waals surface area (Å²) in [5.41, 5.74) is 1.43. The molecule has 0 aliphatic heterocycles. The van der Waals surface area contributed by atoms with Gasteiger partial charge < -0.3 is 4.74 Å². The minimum atomic E-state index is -0.557. The molecule has 0 aliphatic rings. The summed E-state index contributed by atoms with van der Waals surface area (Å²) in [6, 6.07) is 12.9. The van der Waals surface area contributed by atoms with Crippen molar-refractivity contribution in [3.05, 3.63) is 66.8 Å². The molecule has 3 aromatic rings. The van der Waals surface area contributed by atoms with Gasteiger partial charge in [0.1, 0.15) is 0 Å². The highest BCUT2D eigenvalue weighted by Crippen LogP contribution is 2.12. The van der Waals surface area contributed by atoms with Gasteiger partial charge in [-0.05, 0) is 24.3 Å². The number of hydrogen-bond acceptors (Lipinski definition) is 4. The lowest BCUT2D eigenvalue weighted by Gasteiger charge is -2.00. The van der Waals surface area contributed by atoms with Crippen LogP contribution in [0.5, 0.6) is 0 Å². The highest BCUT2D eigenvalue weighted by Gasteiger charge is 2.09. The van der Waals surface area contributed by atoms with Gasteiger partial charge in [-0.3, -0.25) is 4.98 Å². The first kappa shape index (κ1) is 12.1. The second-order valence-electron chi connectivity index (χ2n) is 4.06. The number of carbonyl (C=O) groups excluding carboxylic acids is 1. The van der Waals surface area contributed by atoms with Gasteiger partial charge in [0, 0.05) is 11.6 Å². The Bertz CT molecular complexity index is 763. The molecule has 2 heterocycles. The van der Waals surface area contributed by atoms with Crippen LogP contribution in [0.3, 0.4) is 0 Å². The van der Waals surface area contributed by atoms with Crippen LogP contribution in [-0.2, 0) is 4.74 Å². The maximum Gasteiger partial charge on any atom is 0.440 e. The van der Waals surface area contributed by atoms with Crippen molar-refractivity contribution in [1.29, 1.82) is 0 Å². The summed E-state index contributed by atoms with van der Waals surface area (Å²) < 4.78 is 6.26. The molecule has 0 radical (unpaired) electrons. The summed E-state index contributed by atoms with van der Waals surface area (Å²) in [4.78, 5) is 16.0. The molecular formula is C15H11N3O2. The molecule has 20 heavy (non-hydrogen) atoms. The fraction of sp³-hybridized carbons (Fsp3) is 0. The zero-order valence-corrected chi connectivity index (χ0v) is 10.5. The first-order valence-electron chi connectivity index (χ1n) is 6.06. The van der Waals surface area contributed by atoms with E-state index in [2.05, 4.69) is 10.1 Å². The van der Waals surface area contributed by atoms with Crippen LogP contribution >= 0.6 is 0 Å². The highest BCUT2D eigenvalue weighted by molar-refractivity contribution is 5.87. The van der Waals surface area contributed by atoms with Gasteiger partial charge in [-0.2, -0.15) is 9.78 Å². The monoisotopic (exact) mass is 265 g/mol. The first-order valence-corrected chi connectivity index (χ1v) is 6.06. The molecule has 0 atom stereocenters. The Kier molecular flexibility index (Phi) is 3.24. The molecule has 1 aromatic carbocycles. The topological polar surface area (TPSA) is 57.0 Å². The predicted octanol–water partition coefficient (Wildman–Crippen LogP) is 3.09. The van der Waals surface area contributed by atoms with Gasteiger partial charge in [-0.15, -0.1) is 0 Å². The van der Waals surface area contributed by atoms with Crippen molar-refractivity contribution in [2.24, 2.45) is 0 Å². The largest absolute Gasteiger partial charge is 0.440 e. The predicted molar refractivity (Wildman–Crippen MR) is 74.9 cm³/mol. The van der Waals surface area contributed by atoms with Crippen molar-refractivity contribution in [2.45, 2.75) is 0 Å². The maximum atomic E-state index is 11.9. The van der Waals surface area contributed by atoms with E-state index in [1.54, 1.807) is 18.5 Å². The van der Waals surface area contributed by atoms with Gasteiger partial charge in [0.15, 0.2) is 0 Å². The summed E-state index contributed by atoms with van der Waals surface area (Å²) >= 11 is 0. The highest BCUT2D eigenvalue weighted by atomic mass is 16.5.